The molecule has 1 aromatic carbocycles. The maximum absolute atomic E-state index is 11.6. The molecule has 1 heterocycles. The van der Waals surface area contributed by atoms with Crippen LogP contribution in [0.2, 0.25) is 0 Å². The van der Waals surface area contributed by atoms with E-state index >= 15 is 0 Å². The number of aromatic nitrogens is 1. The highest BCUT2D eigenvalue weighted by molar-refractivity contribution is 5.78. The second-order valence-electron chi connectivity index (χ2n) is 3.74. The van der Waals surface area contributed by atoms with Crippen LogP contribution in [-0.4, -0.2) is 4.57 Å². The quantitative estimate of drug-likeness (QED) is 0.748. The highest BCUT2D eigenvalue weighted by Gasteiger charge is 2.00. The van der Waals surface area contributed by atoms with E-state index in [4.69, 9.17) is 0 Å². The Labute approximate surface area is 89.2 Å². The Morgan fingerprint density at radius 1 is 1.20 bits per heavy atom. The van der Waals surface area contributed by atoms with E-state index in [-0.39, 0.29) is 5.43 Å². The fourth-order valence-corrected chi connectivity index (χ4v) is 1.78. The van der Waals surface area contributed by atoms with Crippen LogP contribution in [0.1, 0.15) is 19.8 Å². The number of hydrogen-bond acceptors (Lipinski definition) is 1. The van der Waals surface area contributed by atoms with E-state index in [0.717, 1.165) is 23.9 Å². The lowest BCUT2D eigenvalue weighted by Crippen LogP contribution is -2.07. The molecular formula is C13H15NO. The van der Waals surface area contributed by atoms with E-state index in [1.165, 1.54) is 6.42 Å². The summed E-state index contributed by atoms with van der Waals surface area (Å²) in [6.45, 7) is 3.15. The molecule has 1 aromatic heterocycles. The molecule has 0 amide bonds. The minimum Gasteiger partial charge on any atom is -0.347 e. The van der Waals surface area contributed by atoms with Crippen LogP contribution in [0.25, 0.3) is 10.9 Å². The Balaban J connectivity index is 2.56. The van der Waals surface area contributed by atoms with Crippen LogP contribution in [0, 0.1) is 0 Å². The molecule has 0 radical (unpaired) electrons. The van der Waals surface area contributed by atoms with Gasteiger partial charge in [0.05, 0.1) is 5.52 Å². The van der Waals surface area contributed by atoms with Crippen LogP contribution in [-0.2, 0) is 6.54 Å². The summed E-state index contributed by atoms with van der Waals surface area (Å²) in [5, 5.41) is 0.816. The standard InChI is InChI=1S/C13H15NO/c1-2-3-9-14-10-8-13(15)11-6-4-5-7-12(11)14/h4-8,10H,2-3,9H2,1H3. The second-order valence-corrected chi connectivity index (χ2v) is 3.74. The smallest absolute Gasteiger partial charge is 0.189 e. The lowest BCUT2D eigenvalue weighted by atomic mass is 10.2. The molecule has 0 unspecified atom stereocenters. The summed E-state index contributed by atoms with van der Waals surface area (Å²) < 4.78 is 2.15. The van der Waals surface area contributed by atoms with Gasteiger partial charge in [0.25, 0.3) is 0 Å². The molecule has 0 fully saturated rings. The van der Waals surface area contributed by atoms with E-state index in [1.807, 2.05) is 30.5 Å². The SMILES string of the molecule is CCCCn1ccc(=O)c2ccccc21. The highest BCUT2D eigenvalue weighted by atomic mass is 16.1. The number of benzene rings is 1. The van der Waals surface area contributed by atoms with Gasteiger partial charge >= 0.3 is 0 Å². The molecule has 0 saturated carbocycles. The van der Waals surface area contributed by atoms with Crippen molar-refractivity contribution in [3.63, 3.8) is 0 Å². The number of para-hydroxylation sites is 1. The van der Waals surface area contributed by atoms with Crippen LogP contribution in [0.5, 0.6) is 0 Å². The lowest BCUT2D eigenvalue weighted by molar-refractivity contribution is 0.646. The van der Waals surface area contributed by atoms with Crippen LogP contribution in [0.4, 0.5) is 0 Å². The zero-order valence-electron chi connectivity index (χ0n) is 8.94. The van der Waals surface area contributed by atoms with Gasteiger partial charge in [-0.05, 0) is 18.6 Å². The third-order valence-electron chi connectivity index (χ3n) is 2.64. The van der Waals surface area contributed by atoms with E-state index < -0.39 is 0 Å². The number of unbranched alkanes of at least 4 members (excludes halogenated alkanes) is 1. The molecular weight excluding hydrogens is 186 g/mol. The fraction of sp³-hybridized carbons (Fsp3) is 0.308. The van der Waals surface area contributed by atoms with E-state index in [9.17, 15) is 4.79 Å². The van der Waals surface area contributed by atoms with Gasteiger partial charge in [0.1, 0.15) is 0 Å². The molecule has 0 aliphatic heterocycles. The van der Waals surface area contributed by atoms with Gasteiger partial charge in [0.2, 0.25) is 0 Å². The molecule has 0 atom stereocenters. The monoisotopic (exact) mass is 201 g/mol. The fourth-order valence-electron chi connectivity index (χ4n) is 1.78. The van der Waals surface area contributed by atoms with Crippen LogP contribution < -0.4 is 5.43 Å². The molecule has 15 heavy (non-hydrogen) atoms. The molecule has 0 spiro atoms. The van der Waals surface area contributed by atoms with Gasteiger partial charge in [-0.25, -0.2) is 0 Å². The summed E-state index contributed by atoms with van der Waals surface area (Å²) in [5.74, 6) is 0. The summed E-state index contributed by atoms with van der Waals surface area (Å²) in [4.78, 5) is 11.6. The van der Waals surface area contributed by atoms with Crippen molar-refractivity contribution in [2.45, 2.75) is 26.3 Å². The van der Waals surface area contributed by atoms with Gasteiger partial charge in [-0.2, -0.15) is 0 Å². The summed E-state index contributed by atoms with van der Waals surface area (Å²) in [6.07, 6.45) is 4.20. The number of hydrogen-bond donors (Lipinski definition) is 0. The van der Waals surface area contributed by atoms with Crippen molar-refractivity contribution in [3.05, 3.63) is 46.8 Å². The molecule has 0 N–H and O–H groups in total. The molecule has 2 aromatic rings. The van der Waals surface area contributed by atoms with Crippen LogP contribution in [0.15, 0.2) is 41.3 Å². The Bertz CT molecular complexity index is 513. The molecule has 78 valence electrons. The maximum atomic E-state index is 11.6. The molecule has 0 bridgehead atoms. The van der Waals surface area contributed by atoms with Crippen LogP contribution >= 0.6 is 0 Å². The average molecular weight is 201 g/mol. The van der Waals surface area contributed by atoms with Gasteiger partial charge in [0.15, 0.2) is 5.43 Å². The predicted octanol–water partition coefficient (Wildman–Crippen LogP) is 2.80. The zero-order chi connectivity index (χ0) is 10.7. The molecule has 0 aliphatic rings. The Morgan fingerprint density at radius 2 is 2.00 bits per heavy atom. The van der Waals surface area contributed by atoms with E-state index in [1.54, 1.807) is 6.07 Å². The third-order valence-corrected chi connectivity index (χ3v) is 2.64. The summed E-state index contributed by atoms with van der Waals surface area (Å²) in [6, 6.07) is 9.43. The molecule has 2 heteroatoms. The number of pyridine rings is 1. The second kappa shape index (κ2) is 4.30. The van der Waals surface area contributed by atoms with Gasteiger partial charge in [-0.15, -0.1) is 0 Å². The highest BCUT2D eigenvalue weighted by Crippen LogP contribution is 2.10. The number of rotatable bonds is 3. The normalized spacial score (nSPS) is 10.7. The Hall–Kier alpha value is -1.57. The van der Waals surface area contributed by atoms with Gasteiger partial charge < -0.3 is 4.57 Å². The van der Waals surface area contributed by atoms with Crippen LogP contribution in [0.3, 0.4) is 0 Å². The first kappa shape index (κ1) is 9.97. The molecule has 2 rings (SSSR count). The van der Waals surface area contributed by atoms with Crippen molar-refractivity contribution >= 4 is 10.9 Å². The van der Waals surface area contributed by atoms with Crippen molar-refractivity contribution in [2.75, 3.05) is 0 Å². The predicted molar refractivity (Wildman–Crippen MR) is 63.1 cm³/mol. The Morgan fingerprint density at radius 3 is 2.80 bits per heavy atom. The lowest BCUT2D eigenvalue weighted by Gasteiger charge is -2.09. The van der Waals surface area contributed by atoms with Gasteiger partial charge in [-0.1, -0.05) is 25.5 Å². The molecule has 0 aliphatic carbocycles. The maximum Gasteiger partial charge on any atom is 0.189 e. The summed E-state index contributed by atoms with van der Waals surface area (Å²) in [7, 11) is 0. The molecule has 2 nitrogen and oxygen atoms in total. The third kappa shape index (κ3) is 1.94. The number of nitrogens with zero attached hydrogens (tertiary/aromatic N) is 1. The first-order valence-corrected chi connectivity index (χ1v) is 5.41. The van der Waals surface area contributed by atoms with Gasteiger partial charge in [-0.3, -0.25) is 4.79 Å². The largest absolute Gasteiger partial charge is 0.347 e. The first-order valence-electron chi connectivity index (χ1n) is 5.41. The van der Waals surface area contributed by atoms with Gasteiger partial charge in [0, 0.05) is 24.2 Å². The minimum atomic E-state index is 0.110. The Kier molecular flexibility index (Phi) is 2.86. The van der Waals surface area contributed by atoms with E-state index in [2.05, 4.69) is 11.5 Å². The number of aryl methyl sites for hydroxylation is 1. The van der Waals surface area contributed by atoms with Crippen molar-refractivity contribution in [1.82, 2.24) is 4.57 Å². The van der Waals surface area contributed by atoms with Crippen molar-refractivity contribution in [2.24, 2.45) is 0 Å². The average Bonchev–Trinajstić information content (AvgIpc) is 2.29. The summed E-state index contributed by atoms with van der Waals surface area (Å²) in [5.41, 5.74) is 1.15. The zero-order valence-corrected chi connectivity index (χ0v) is 8.94. The minimum absolute atomic E-state index is 0.110. The summed E-state index contributed by atoms with van der Waals surface area (Å²) >= 11 is 0. The van der Waals surface area contributed by atoms with Crippen molar-refractivity contribution in [3.8, 4) is 0 Å². The first-order chi connectivity index (χ1) is 7.33. The topological polar surface area (TPSA) is 22.0 Å². The van der Waals surface area contributed by atoms with Crippen molar-refractivity contribution < 1.29 is 0 Å². The van der Waals surface area contributed by atoms with E-state index in [0.29, 0.717) is 0 Å². The van der Waals surface area contributed by atoms with Crippen molar-refractivity contribution in [1.29, 1.82) is 0 Å². The molecule has 0 saturated heterocycles. The number of fused-ring (bicyclic) bond motifs is 1.